The number of para-hydroxylation sites is 1. The van der Waals surface area contributed by atoms with Gasteiger partial charge >= 0.3 is 0 Å². The molecule has 0 aliphatic carbocycles. The van der Waals surface area contributed by atoms with Gasteiger partial charge in [-0.05, 0) is 62.3 Å². The second-order valence-electron chi connectivity index (χ2n) is 9.00. The van der Waals surface area contributed by atoms with Crippen LogP contribution in [0.25, 0.3) is 0 Å². The Labute approximate surface area is 183 Å². The molecule has 0 radical (unpaired) electrons. The fourth-order valence-corrected chi connectivity index (χ4v) is 4.93. The Morgan fingerprint density at radius 3 is 2.65 bits per heavy atom. The molecule has 2 aliphatic rings. The molecular formula is C24H32N4O3. The van der Waals surface area contributed by atoms with E-state index in [1.807, 2.05) is 11.0 Å². The number of likely N-dealkylation sites (tertiary alicyclic amines) is 1. The van der Waals surface area contributed by atoms with Crippen LogP contribution in [0.4, 0.5) is 0 Å². The maximum absolute atomic E-state index is 12.8. The number of hydrogen-bond acceptors (Lipinski definition) is 5. The molecule has 1 spiro atoms. The Morgan fingerprint density at radius 2 is 1.87 bits per heavy atom. The third-order valence-corrected chi connectivity index (χ3v) is 6.72. The first-order chi connectivity index (χ1) is 15.0. The third kappa shape index (κ3) is 5.34. The lowest BCUT2D eigenvalue weighted by atomic mass is 9.73. The van der Waals surface area contributed by atoms with Crippen molar-refractivity contribution in [2.75, 3.05) is 39.8 Å². The molecule has 1 N–H and O–H groups in total. The second kappa shape index (κ2) is 9.64. The summed E-state index contributed by atoms with van der Waals surface area (Å²) in [6.45, 7) is 4.06. The number of amides is 1. The van der Waals surface area contributed by atoms with Crippen LogP contribution in [0.3, 0.4) is 0 Å². The minimum Gasteiger partial charge on any atom is -0.492 e. The Morgan fingerprint density at radius 1 is 1.06 bits per heavy atom. The first kappa shape index (κ1) is 21.6. The Bertz CT molecular complexity index is 929. The van der Waals surface area contributed by atoms with Crippen molar-refractivity contribution >= 4 is 5.91 Å². The number of rotatable bonds is 1. The molecule has 3 heterocycles. The number of hydrogen-bond donors (Lipinski definition) is 1. The van der Waals surface area contributed by atoms with Crippen LogP contribution < -0.4 is 10.3 Å². The van der Waals surface area contributed by atoms with Gasteiger partial charge in [0.05, 0.1) is 0 Å². The summed E-state index contributed by atoms with van der Waals surface area (Å²) in [5.74, 6) is 0.923. The molecule has 1 amide bonds. The van der Waals surface area contributed by atoms with E-state index in [9.17, 15) is 9.59 Å². The van der Waals surface area contributed by atoms with Gasteiger partial charge in [0, 0.05) is 32.2 Å². The molecule has 1 aromatic heterocycles. The van der Waals surface area contributed by atoms with Crippen LogP contribution in [-0.4, -0.2) is 65.7 Å². The van der Waals surface area contributed by atoms with E-state index in [-0.39, 0.29) is 16.9 Å². The highest BCUT2D eigenvalue weighted by atomic mass is 16.5. The zero-order valence-corrected chi connectivity index (χ0v) is 18.3. The summed E-state index contributed by atoms with van der Waals surface area (Å²) in [7, 11) is 2.17. The maximum Gasteiger partial charge on any atom is 0.274 e. The molecular weight excluding hydrogens is 392 g/mol. The van der Waals surface area contributed by atoms with E-state index in [0.717, 1.165) is 57.6 Å². The van der Waals surface area contributed by atoms with Gasteiger partial charge in [0.1, 0.15) is 18.1 Å². The average molecular weight is 425 g/mol. The molecule has 2 aromatic rings. The van der Waals surface area contributed by atoms with Gasteiger partial charge in [-0.3, -0.25) is 9.59 Å². The van der Waals surface area contributed by atoms with Gasteiger partial charge in [-0.1, -0.05) is 24.6 Å². The number of carbonyl (C=O) groups excluding carboxylic acids is 1. The number of nitrogens with one attached hydrogen (secondary N) is 1. The summed E-state index contributed by atoms with van der Waals surface area (Å²) < 4.78 is 6.09. The van der Waals surface area contributed by atoms with Crippen molar-refractivity contribution < 1.29 is 9.53 Å². The highest BCUT2D eigenvalue weighted by Crippen LogP contribution is 2.38. The van der Waals surface area contributed by atoms with Crippen molar-refractivity contribution in [2.45, 2.75) is 38.5 Å². The number of aryl methyl sites for hydroxylation is 1. The number of ether oxygens (including phenoxy) is 1. The lowest BCUT2D eigenvalue weighted by molar-refractivity contribution is 0.0420. The second-order valence-corrected chi connectivity index (χ2v) is 9.00. The number of aromatic amines is 1. The molecule has 2 aliphatic heterocycles. The van der Waals surface area contributed by atoms with Crippen LogP contribution in [-0.2, 0) is 6.42 Å². The zero-order valence-electron chi connectivity index (χ0n) is 18.3. The molecule has 0 saturated carbocycles. The Balaban J connectivity index is 1.40. The van der Waals surface area contributed by atoms with Crippen LogP contribution in [0.15, 0.2) is 41.2 Å². The van der Waals surface area contributed by atoms with Crippen molar-refractivity contribution in [3.8, 4) is 5.75 Å². The van der Waals surface area contributed by atoms with Crippen molar-refractivity contribution in [1.29, 1.82) is 0 Å². The topological polar surface area (TPSA) is 78.5 Å². The van der Waals surface area contributed by atoms with Crippen molar-refractivity contribution in [3.63, 3.8) is 0 Å². The predicted octanol–water partition coefficient (Wildman–Crippen LogP) is 2.73. The van der Waals surface area contributed by atoms with Crippen molar-refractivity contribution in [2.24, 2.45) is 5.41 Å². The van der Waals surface area contributed by atoms with E-state index < -0.39 is 0 Å². The van der Waals surface area contributed by atoms with E-state index in [1.165, 1.54) is 30.5 Å². The van der Waals surface area contributed by atoms with E-state index in [2.05, 4.69) is 40.3 Å². The monoisotopic (exact) mass is 424 g/mol. The van der Waals surface area contributed by atoms with Crippen LogP contribution in [0, 0.1) is 5.41 Å². The van der Waals surface area contributed by atoms with E-state index in [0.29, 0.717) is 12.3 Å². The SMILES string of the molecule is CN1CCOc2ccccc2CCCCC2(CCN(C(=O)c3ccc(=O)[nH]n3)CC2)C1. The van der Waals surface area contributed by atoms with Crippen molar-refractivity contribution in [1.82, 2.24) is 20.0 Å². The predicted molar refractivity (Wildman–Crippen MR) is 119 cm³/mol. The number of carbonyl (C=O) groups is 1. The fourth-order valence-electron chi connectivity index (χ4n) is 4.93. The number of piperidine rings is 1. The van der Waals surface area contributed by atoms with Gasteiger partial charge < -0.3 is 14.5 Å². The minimum absolute atomic E-state index is 0.0994. The number of likely N-dealkylation sites (N-methyl/N-ethyl adjacent to an activating group) is 1. The minimum atomic E-state index is -0.294. The van der Waals surface area contributed by atoms with Crippen LogP contribution >= 0.6 is 0 Å². The summed E-state index contributed by atoms with van der Waals surface area (Å²) in [6, 6.07) is 11.2. The first-order valence-corrected chi connectivity index (χ1v) is 11.3. The standard InChI is InChI=1S/C24H32N4O3/c1-27-16-17-31-21-8-3-2-6-19(21)7-4-5-11-24(18-27)12-14-28(15-13-24)23(30)20-9-10-22(29)26-25-20/h2-3,6,8-10H,4-5,7,11-18H2,1H3,(H,26,29). The number of nitrogens with zero attached hydrogens (tertiary/aromatic N) is 3. The molecule has 0 atom stereocenters. The number of aromatic nitrogens is 2. The molecule has 7 heteroatoms. The smallest absolute Gasteiger partial charge is 0.274 e. The summed E-state index contributed by atoms with van der Waals surface area (Å²) in [6.07, 6.45) is 6.53. The summed E-state index contributed by atoms with van der Waals surface area (Å²) in [5.41, 5.74) is 1.54. The maximum atomic E-state index is 12.8. The first-order valence-electron chi connectivity index (χ1n) is 11.3. The number of benzene rings is 1. The van der Waals surface area contributed by atoms with Gasteiger partial charge in [0.2, 0.25) is 0 Å². The molecule has 0 unspecified atom stereocenters. The van der Waals surface area contributed by atoms with Crippen LogP contribution in [0.5, 0.6) is 5.75 Å². The summed E-state index contributed by atoms with van der Waals surface area (Å²) >= 11 is 0. The van der Waals surface area contributed by atoms with Gasteiger partial charge in [-0.25, -0.2) is 5.10 Å². The van der Waals surface area contributed by atoms with Crippen LogP contribution in [0.1, 0.15) is 48.2 Å². The molecule has 166 valence electrons. The quantitative estimate of drug-likeness (QED) is 0.762. The Hall–Kier alpha value is -2.67. The fraction of sp³-hybridized carbons (Fsp3) is 0.542. The molecule has 1 saturated heterocycles. The third-order valence-electron chi connectivity index (χ3n) is 6.72. The molecule has 0 bridgehead atoms. The van der Waals surface area contributed by atoms with E-state index in [1.54, 1.807) is 0 Å². The lowest BCUT2D eigenvalue weighted by Gasteiger charge is -2.44. The van der Waals surface area contributed by atoms with Gasteiger partial charge in [-0.2, -0.15) is 5.10 Å². The van der Waals surface area contributed by atoms with E-state index >= 15 is 0 Å². The normalized spacial score (nSPS) is 20.2. The molecule has 7 nitrogen and oxygen atoms in total. The van der Waals surface area contributed by atoms with Gasteiger partial charge in [0.25, 0.3) is 11.5 Å². The van der Waals surface area contributed by atoms with Crippen molar-refractivity contribution in [3.05, 3.63) is 58.0 Å². The number of fused-ring (bicyclic) bond motifs is 1. The Kier molecular flexibility index (Phi) is 6.70. The van der Waals surface area contributed by atoms with Gasteiger partial charge in [0.15, 0.2) is 0 Å². The highest BCUT2D eigenvalue weighted by Gasteiger charge is 2.37. The molecule has 1 aromatic carbocycles. The zero-order chi connectivity index (χ0) is 21.7. The average Bonchev–Trinajstić information content (AvgIpc) is 2.77. The van der Waals surface area contributed by atoms with Gasteiger partial charge in [-0.15, -0.1) is 0 Å². The molecule has 31 heavy (non-hydrogen) atoms. The largest absolute Gasteiger partial charge is 0.492 e. The molecule has 4 rings (SSSR count). The number of H-pyrrole nitrogens is 1. The molecule has 1 fully saturated rings. The summed E-state index contributed by atoms with van der Waals surface area (Å²) in [4.78, 5) is 28.3. The highest BCUT2D eigenvalue weighted by molar-refractivity contribution is 5.92. The van der Waals surface area contributed by atoms with Crippen LogP contribution in [0.2, 0.25) is 0 Å². The summed E-state index contributed by atoms with van der Waals surface area (Å²) in [5, 5.41) is 6.26. The lowest BCUT2D eigenvalue weighted by Crippen LogP contribution is -2.48. The van der Waals surface area contributed by atoms with E-state index in [4.69, 9.17) is 4.74 Å².